The highest BCUT2D eigenvalue weighted by Gasteiger charge is 2.17. The topological polar surface area (TPSA) is 68.0 Å². The van der Waals surface area contributed by atoms with Crippen LogP contribution in [0.2, 0.25) is 0 Å². The van der Waals surface area contributed by atoms with Crippen LogP contribution in [0.15, 0.2) is 30.5 Å². The van der Waals surface area contributed by atoms with Gasteiger partial charge in [-0.3, -0.25) is 4.79 Å². The van der Waals surface area contributed by atoms with Crippen molar-refractivity contribution in [1.82, 2.24) is 10.3 Å². The number of hydrogen-bond acceptors (Lipinski definition) is 4. The number of ketones is 1. The number of carbonyl (C=O) groups excluding carboxylic acids is 1. The van der Waals surface area contributed by atoms with Gasteiger partial charge in [-0.2, -0.15) is 0 Å². The molecule has 0 bridgehead atoms. The first-order valence-corrected chi connectivity index (χ1v) is 6.24. The highest BCUT2D eigenvalue weighted by atomic mass is 16.1. The van der Waals surface area contributed by atoms with E-state index in [-0.39, 0.29) is 11.6 Å². The lowest BCUT2D eigenvalue weighted by atomic mass is 9.99. The Morgan fingerprint density at radius 3 is 2.89 bits per heavy atom. The molecule has 3 rings (SSSR count). The molecule has 19 heavy (non-hydrogen) atoms. The van der Waals surface area contributed by atoms with Crippen LogP contribution in [-0.2, 0) is 13.1 Å². The van der Waals surface area contributed by atoms with E-state index in [2.05, 4.69) is 10.3 Å². The summed E-state index contributed by atoms with van der Waals surface area (Å²) in [5.41, 5.74) is 10.3. The van der Waals surface area contributed by atoms with Gasteiger partial charge in [0.05, 0.1) is 5.56 Å². The third kappa shape index (κ3) is 2.11. The van der Waals surface area contributed by atoms with E-state index >= 15 is 0 Å². The van der Waals surface area contributed by atoms with Crippen LogP contribution in [0.4, 0.5) is 5.82 Å². The summed E-state index contributed by atoms with van der Waals surface area (Å²) in [5.74, 6) is 0.220. The molecule has 2 heterocycles. The van der Waals surface area contributed by atoms with Crippen molar-refractivity contribution < 1.29 is 4.79 Å². The monoisotopic (exact) mass is 253 g/mol. The molecule has 1 aromatic heterocycles. The maximum absolute atomic E-state index is 12.5. The summed E-state index contributed by atoms with van der Waals surface area (Å²) in [6.07, 6.45) is 1.67. The largest absolute Gasteiger partial charge is 0.383 e. The molecule has 1 aliphatic heterocycles. The number of anilines is 1. The molecule has 0 aliphatic carbocycles. The summed E-state index contributed by atoms with van der Waals surface area (Å²) in [4.78, 5) is 16.5. The van der Waals surface area contributed by atoms with Crippen molar-refractivity contribution in [2.24, 2.45) is 0 Å². The maximum Gasteiger partial charge on any atom is 0.196 e. The number of hydrogen-bond donors (Lipinski definition) is 2. The van der Waals surface area contributed by atoms with E-state index < -0.39 is 0 Å². The van der Waals surface area contributed by atoms with Crippen LogP contribution in [0.1, 0.15) is 32.6 Å². The Balaban J connectivity index is 2.02. The molecule has 0 atom stereocenters. The SMILES string of the molecule is Cc1cnc(N)c(C(=O)c2ccc3c(c2)CNC3)c1. The average Bonchev–Trinajstić information content (AvgIpc) is 2.88. The van der Waals surface area contributed by atoms with Crippen LogP contribution in [0, 0.1) is 6.92 Å². The van der Waals surface area contributed by atoms with E-state index in [1.807, 2.05) is 25.1 Å². The molecule has 3 N–H and O–H groups in total. The molecule has 0 spiro atoms. The van der Waals surface area contributed by atoms with Gasteiger partial charge in [-0.1, -0.05) is 12.1 Å². The van der Waals surface area contributed by atoms with Gasteiger partial charge in [0.25, 0.3) is 0 Å². The minimum Gasteiger partial charge on any atom is -0.383 e. The van der Waals surface area contributed by atoms with Gasteiger partial charge in [-0.05, 0) is 35.7 Å². The van der Waals surface area contributed by atoms with Crippen LogP contribution in [0.3, 0.4) is 0 Å². The molecule has 0 saturated heterocycles. The zero-order valence-electron chi connectivity index (χ0n) is 10.7. The van der Waals surface area contributed by atoms with Crippen LogP contribution in [0.5, 0.6) is 0 Å². The molecular weight excluding hydrogens is 238 g/mol. The Hall–Kier alpha value is -2.20. The fraction of sp³-hybridized carbons (Fsp3) is 0.200. The third-order valence-electron chi connectivity index (χ3n) is 3.40. The molecule has 0 fully saturated rings. The zero-order valence-corrected chi connectivity index (χ0v) is 10.7. The number of nitrogens with zero attached hydrogens (tertiary/aromatic N) is 1. The van der Waals surface area contributed by atoms with Crippen LogP contribution in [0.25, 0.3) is 0 Å². The third-order valence-corrected chi connectivity index (χ3v) is 3.40. The Kier molecular flexibility index (Phi) is 2.80. The number of benzene rings is 1. The molecule has 1 aromatic carbocycles. The van der Waals surface area contributed by atoms with E-state index in [1.165, 1.54) is 11.1 Å². The molecule has 0 radical (unpaired) electrons. The first-order valence-electron chi connectivity index (χ1n) is 6.24. The molecule has 0 amide bonds. The summed E-state index contributed by atoms with van der Waals surface area (Å²) in [5, 5.41) is 3.27. The summed E-state index contributed by atoms with van der Waals surface area (Å²) in [6, 6.07) is 7.59. The standard InChI is InChI=1S/C15H15N3O/c1-9-4-13(15(16)18-6-9)14(19)10-2-3-11-7-17-8-12(11)5-10/h2-6,17H,7-8H2,1H3,(H2,16,18). The quantitative estimate of drug-likeness (QED) is 0.801. The number of nitrogens with two attached hydrogens (primary N) is 1. The first-order chi connectivity index (χ1) is 9.15. The average molecular weight is 253 g/mol. The number of nitrogen functional groups attached to an aromatic ring is 1. The van der Waals surface area contributed by atoms with Gasteiger partial charge in [-0.15, -0.1) is 0 Å². The van der Waals surface area contributed by atoms with Gasteiger partial charge in [-0.25, -0.2) is 4.98 Å². The van der Waals surface area contributed by atoms with Crippen molar-refractivity contribution >= 4 is 11.6 Å². The number of aromatic nitrogens is 1. The number of nitrogens with one attached hydrogen (secondary N) is 1. The fourth-order valence-corrected chi connectivity index (χ4v) is 2.35. The minimum atomic E-state index is -0.0663. The van der Waals surface area contributed by atoms with Crippen molar-refractivity contribution in [3.63, 3.8) is 0 Å². The Bertz CT molecular complexity index is 664. The first kappa shape index (κ1) is 11.9. The van der Waals surface area contributed by atoms with Gasteiger partial charge < -0.3 is 11.1 Å². The fourth-order valence-electron chi connectivity index (χ4n) is 2.35. The van der Waals surface area contributed by atoms with E-state index in [4.69, 9.17) is 5.73 Å². The lowest BCUT2D eigenvalue weighted by Gasteiger charge is -2.07. The van der Waals surface area contributed by atoms with Crippen molar-refractivity contribution in [2.75, 3.05) is 5.73 Å². The Morgan fingerprint density at radius 2 is 2.05 bits per heavy atom. The van der Waals surface area contributed by atoms with E-state index in [1.54, 1.807) is 12.3 Å². The van der Waals surface area contributed by atoms with Crippen molar-refractivity contribution in [2.45, 2.75) is 20.0 Å². The molecular formula is C15H15N3O. The van der Waals surface area contributed by atoms with Gasteiger partial charge in [0.1, 0.15) is 5.82 Å². The predicted octanol–water partition coefficient (Wildman–Crippen LogP) is 1.81. The van der Waals surface area contributed by atoms with Crippen molar-refractivity contribution in [3.8, 4) is 0 Å². The van der Waals surface area contributed by atoms with Crippen LogP contribution >= 0.6 is 0 Å². The second kappa shape index (κ2) is 4.48. The van der Waals surface area contributed by atoms with Crippen LogP contribution in [-0.4, -0.2) is 10.8 Å². The smallest absolute Gasteiger partial charge is 0.196 e. The molecule has 2 aromatic rings. The van der Waals surface area contributed by atoms with Crippen LogP contribution < -0.4 is 11.1 Å². The van der Waals surface area contributed by atoms with E-state index in [0.717, 1.165) is 18.7 Å². The highest BCUT2D eigenvalue weighted by Crippen LogP contribution is 2.21. The lowest BCUT2D eigenvalue weighted by molar-refractivity contribution is 0.103. The molecule has 0 unspecified atom stereocenters. The second-order valence-electron chi connectivity index (χ2n) is 4.86. The number of fused-ring (bicyclic) bond motifs is 1. The summed E-state index contributed by atoms with van der Waals surface area (Å²) < 4.78 is 0. The minimum absolute atomic E-state index is 0.0663. The van der Waals surface area contributed by atoms with Crippen molar-refractivity contribution in [3.05, 3.63) is 58.3 Å². The van der Waals surface area contributed by atoms with E-state index in [9.17, 15) is 4.79 Å². The molecule has 4 nitrogen and oxygen atoms in total. The zero-order chi connectivity index (χ0) is 13.4. The molecule has 1 aliphatic rings. The number of rotatable bonds is 2. The van der Waals surface area contributed by atoms with Gasteiger partial charge in [0, 0.05) is 24.8 Å². The number of aryl methyl sites for hydroxylation is 1. The summed E-state index contributed by atoms with van der Waals surface area (Å²) in [7, 11) is 0. The summed E-state index contributed by atoms with van der Waals surface area (Å²) >= 11 is 0. The van der Waals surface area contributed by atoms with Gasteiger partial charge in [0.2, 0.25) is 0 Å². The number of carbonyl (C=O) groups is 1. The second-order valence-corrected chi connectivity index (χ2v) is 4.86. The summed E-state index contributed by atoms with van der Waals surface area (Å²) in [6.45, 7) is 3.59. The Labute approximate surface area is 111 Å². The Morgan fingerprint density at radius 1 is 1.26 bits per heavy atom. The normalized spacial score (nSPS) is 13.3. The maximum atomic E-state index is 12.5. The molecule has 96 valence electrons. The van der Waals surface area contributed by atoms with Crippen molar-refractivity contribution in [1.29, 1.82) is 0 Å². The molecule has 0 saturated carbocycles. The van der Waals surface area contributed by atoms with Gasteiger partial charge in [0.15, 0.2) is 5.78 Å². The number of pyridine rings is 1. The predicted molar refractivity (Wildman–Crippen MR) is 73.8 cm³/mol. The van der Waals surface area contributed by atoms with E-state index in [0.29, 0.717) is 11.1 Å². The lowest BCUT2D eigenvalue weighted by Crippen LogP contribution is -2.08. The highest BCUT2D eigenvalue weighted by molar-refractivity contribution is 6.11. The molecule has 4 heteroatoms. The van der Waals surface area contributed by atoms with Gasteiger partial charge >= 0.3 is 0 Å².